The second-order valence-corrected chi connectivity index (χ2v) is 7.35. The Hall–Kier alpha value is -1.50. The molecule has 1 unspecified atom stereocenters. The second kappa shape index (κ2) is 8.05. The number of hydrogen-bond donors (Lipinski definition) is 1. The zero-order valence-electron chi connectivity index (χ0n) is 13.4. The lowest BCUT2D eigenvalue weighted by Crippen LogP contribution is -2.00. The number of aryl methyl sites for hydroxylation is 1. The van der Waals surface area contributed by atoms with Crippen LogP contribution in [0.2, 0.25) is 0 Å². The monoisotopic (exact) mass is 406 g/mol. The highest BCUT2D eigenvalue weighted by molar-refractivity contribution is 9.10. The van der Waals surface area contributed by atoms with Crippen LogP contribution in [-0.2, 0) is 6.42 Å². The highest BCUT2D eigenvalue weighted by atomic mass is 79.9. The van der Waals surface area contributed by atoms with Crippen molar-refractivity contribution in [2.45, 2.75) is 32.3 Å². The first-order valence-electron chi connectivity index (χ1n) is 7.97. The van der Waals surface area contributed by atoms with Gasteiger partial charge in [0.25, 0.3) is 0 Å². The van der Waals surface area contributed by atoms with E-state index in [0.717, 1.165) is 43.9 Å². The van der Waals surface area contributed by atoms with Gasteiger partial charge in [-0.1, -0.05) is 6.07 Å². The Labute approximate surface area is 153 Å². The van der Waals surface area contributed by atoms with Crippen molar-refractivity contribution in [3.8, 4) is 5.75 Å². The smallest absolute Gasteiger partial charge is 0.125 e. The number of pyridine rings is 1. The molecule has 1 aromatic carbocycles. The number of aromatic nitrogens is 2. The Morgan fingerprint density at radius 2 is 2.21 bits per heavy atom. The summed E-state index contributed by atoms with van der Waals surface area (Å²) >= 11 is 5.08. The molecule has 0 amide bonds. The molecule has 0 saturated heterocycles. The van der Waals surface area contributed by atoms with Crippen LogP contribution in [0.4, 0.5) is 0 Å². The summed E-state index contributed by atoms with van der Waals surface area (Å²) in [4.78, 5) is 8.71. The third-order valence-electron chi connectivity index (χ3n) is 3.75. The summed E-state index contributed by atoms with van der Waals surface area (Å²) in [6, 6.07) is 7.81. The van der Waals surface area contributed by atoms with Crippen molar-refractivity contribution in [1.29, 1.82) is 0 Å². The molecule has 2 aromatic heterocycles. The molecular formula is C18H19BrN2O2S. The van der Waals surface area contributed by atoms with Gasteiger partial charge >= 0.3 is 0 Å². The van der Waals surface area contributed by atoms with Crippen molar-refractivity contribution in [2.75, 3.05) is 6.61 Å². The lowest BCUT2D eigenvalue weighted by Gasteiger charge is -2.10. The number of benzene rings is 1. The zero-order valence-corrected chi connectivity index (χ0v) is 15.8. The van der Waals surface area contributed by atoms with Gasteiger partial charge in [-0.05, 0) is 60.3 Å². The molecule has 0 aliphatic rings. The number of thiazole rings is 1. The van der Waals surface area contributed by atoms with Gasteiger partial charge in [0.05, 0.1) is 16.8 Å². The number of hydrogen-bond acceptors (Lipinski definition) is 5. The molecule has 0 aliphatic heterocycles. The maximum Gasteiger partial charge on any atom is 0.125 e. The number of halogens is 1. The molecule has 0 fully saturated rings. The molecule has 6 heteroatoms. The summed E-state index contributed by atoms with van der Waals surface area (Å²) in [6.07, 6.45) is 5.38. The highest BCUT2D eigenvalue weighted by Crippen LogP contribution is 2.33. The number of aliphatic hydroxyl groups excluding tert-OH is 1. The molecule has 1 N–H and O–H groups in total. The van der Waals surface area contributed by atoms with Crippen LogP contribution in [-0.4, -0.2) is 21.7 Å². The van der Waals surface area contributed by atoms with Crippen molar-refractivity contribution in [2.24, 2.45) is 0 Å². The van der Waals surface area contributed by atoms with Gasteiger partial charge in [0.1, 0.15) is 16.9 Å². The molecule has 0 bridgehead atoms. The number of nitrogens with zero attached hydrogens (tertiary/aromatic N) is 2. The molecule has 0 saturated carbocycles. The minimum atomic E-state index is -0.540. The largest absolute Gasteiger partial charge is 0.493 e. The molecule has 126 valence electrons. The third-order valence-corrected chi connectivity index (χ3v) is 5.88. The third kappa shape index (κ3) is 3.94. The van der Waals surface area contributed by atoms with E-state index in [9.17, 15) is 5.11 Å². The van der Waals surface area contributed by atoms with Crippen LogP contribution in [0, 0.1) is 0 Å². The number of fused-ring (bicyclic) bond motifs is 1. The lowest BCUT2D eigenvalue weighted by atomic mass is 10.1. The topological polar surface area (TPSA) is 55.2 Å². The van der Waals surface area contributed by atoms with E-state index in [1.165, 1.54) is 0 Å². The molecule has 3 rings (SSSR count). The summed E-state index contributed by atoms with van der Waals surface area (Å²) in [5.41, 5.74) is 2.01. The zero-order chi connectivity index (χ0) is 16.9. The summed E-state index contributed by atoms with van der Waals surface area (Å²) in [5, 5.41) is 11.2. The molecule has 24 heavy (non-hydrogen) atoms. The summed E-state index contributed by atoms with van der Waals surface area (Å²) in [6.45, 7) is 2.61. The van der Waals surface area contributed by atoms with E-state index in [0.29, 0.717) is 13.0 Å². The van der Waals surface area contributed by atoms with Gasteiger partial charge < -0.3 is 9.84 Å². The van der Waals surface area contributed by atoms with Gasteiger partial charge in [0.2, 0.25) is 0 Å². The normalized spacial score (nSPS) is 12.5. The van der Waals surface area contributed by atoms with E-state index in [1.54, 1.807) is 17.5 Å². The van der Waals surface area contributed by atoms with Crippen LogP contribution in [0.5, 0.6) is 5.75 Å². The minimum absolute atomic E-state index is 0.540. The second-order valence-electron chi connectivity index (χ2n) is 5.46. The standard InChI is InChI=1S/C18H19BrN2O2S/c1-2-23-16-9-10-20-11-12(16)5-3-8-15(22)18-21-14-7-4-6-13(19)17(14)24-18/h4,6-7,9-11,15,22H,2-3,5,8H2,1H3. The fourth-order valence-corrected chi connectivity index (χ4v) is 4.17. The van der Waals surface area contributed by atoms with Crippen LogP contribution < -0.4 is 4.74 Å². The van der Waals surface area contributed by atoms with Crippen LogP contribution in [0.3, 0.4) is 0 Å². The first-order chi connectivity index (χ1) is 11.7. The van der Waals surface area contributed by atoms with Crippen molar-refractivity contribution in [3.63, 3.8) is 0 Å². The quantitative estimate of drug-likeness (QED) is 0.605. The molecule has 0 radical (unpaired) electrons. The molecule has 3 aromatic rings. The van der Waals surface area contributed by atoms with Gasteiger partial charge in [-0.25, -0.2) is 4.98 Å². The summed E-state index contributed by atoms with van der Waals surface area (Å²) < 4.78 is 7.72. The van der Waals surface area contributed by atoms with Gasteiger partial charge in [-0.15, -0.1) is 11.3 Å². The van der Waals surface area contributed by atoms with E-state index in [2.05, 4.69) is 25.9 Å². The summed E-state index contributed by atoms with van der Waals surface area (Å²) in [5.74, 6) is 0.880. The fraction of sp³-hybridized carbons (Fsp3) is 0.333. The van der Waals surface area contributed by atoms with Gasteiger partial charge in [-0.3, -0.25) is 4.98 Å². The Balaban J connectivity index is 1.63. The van der Waals surface area contributed by atoms with E-state index >= 15 is 0 Å². The first-order valence-corrected chi connectivity index (χ1v) is 9.58. The van der Waals surface area contributed by atoms with Crippen molar-refractivity contribution < 1.29 is 9.84 Å². The number of rotatable bonds is 7. The molecule has 1 atom stereocenters. The molecular weight excluding hydrogens is 388 g/mol. The molecule has 0 spiro atoms. The van der Waals surface area contributed by atoms with Crippen LogP contribution in [0.15, 0.2) is 41.1 Å². The average molecular weight is 407 g/mol. The first kappa shape index (κ1) is 17.3. The predicted molar refractivity (Wildman–Crippen MR) is 101 cm³/mol. The van der Waals surface area contributed by atoms with Gasteiger partial charge in [-0.2, -0.15) is 0 Å². The average Bonchev–Trinajstić information content (AvgIpc) is 3.02. The Bertz CT molecular complexity index is 822. The van der Waals surface area contributed by atoms with Gasteiger partial charge in [0, 0.05) is 22.4 Å². The van der Waals surface area contributed by atoms with Crippen LogP contribution >= 0.6 is 27.3 Å². The van der Waals surface area contributed by atoms with Gasteiger partial charge in [0.15, 0.2) is 0 Å². The van der Waals surface area contributed by atoms with E-state index in [4.69, 9.17) is 4.74 Å². The maximum absolute atomic E-state index is 10.4. The van der Waals surface area contributed by atoms with Crippen molar-refractivity contribution in [3.05, 3.63) is 51.7 Å². The lowest BCUT2D eigenvalue weighted by molar-refractivity contribution is 0.164. The fourth-order valence-electron chi connectivity index (χ4n) is 2.58. The van der Waals surface area contributed by atoms with Crippen LogP contribution in [0.1, 0.15) is 36.4 Å². The Kier molecular flexibility index (Phi) is 5.81. The molecule has 4 nitrogen and oxygen atoms in total. The Morgan fingerprint density at radius 1 is 1.33 bits per heavy atom. The van der Waals surface area contributed by atoms with E-state index in [1.807, 2.05) is 37.4 Å². The summed E-state index contributed by atoms with van der Waals surface area (Å²) in [7, 11) is 0. The highest BCUT2D eigenvalue weighted by Gasteiger charge is 2.15. The SMILES string of the molecule is CCOc1ccncc1CCCC(O)c1nc2cccc(Br)c2s1. The molecule has 2 heterocycles. The Morgan fingerprint density at radius 3 is 3.00 bits per heavy atom. The van der Waals surface area contributed by atoms with E-state index in [-0.39, 0.29) is 0 Å². The van der Waals surface area contributed by atoms with Crippen molar-refractivity contribution in [1.82, 2.24) is 9.97 Å². The maximum atomic E-state index is 10.4. The number of aliphatic hydroxyl groups is 1. The van der Waals surface area contributed by atoms with E-state index < -0.39 is 6.10 Å². The molecule has 0 aliphatic carbocycles. The van der Waals surface area contributed by atoms with Crippen molar-refractivity contribution >= 4 is 37.5 Å². The van der Waals surface area contributed by atoms with Crippen LogP contribution in [0.25, 0.3) is 10.2 Å². The minimum Gasteiger partial charge on any atom is -0.493 e. The predicted octanol–water partition coefficient (Wildman–Crippen LogP) is 4.91. The number of ether oxygens (including phenoxy) is 1.